The van der Waals surface area contributed by atoms with E-state index in [1.807, 2.05) is 0 Å². The summed E-state index contributed by atoms with van der Waals surface area (Å²) in [5, 5.41) is 9.60. The lowest BCUT2D eigenvalue weighted by Crippen LogP contribution is -2.27. The molecule has 0 spiro atoms. The second kappa shape index (κ2) is 7.36. The molecule has 0 aliphatic rings. The highest BCUT2D eigenvalue weighted by atomic mass is 32.3. The van der Waals surface area contributed by atoms with Gasteiger partial charge in [-0.2, -0.15) is 13.2 Å². The Hall–Kier alpha value is -2.93. The summed E-state index contributed by atoms with van der Waals surface area (Å²) in [5.74, 6) is -2.31. The van der Waals surface area contributed by atoms with Crippen molar-refractivity contribution in [3.05, 3.63) is 84.9 Å². The van der Waals surface area contributed by atoms with E-state index in [1.54, 1.807) is 60.7 Å². The SMILES string of the molecule is O=C(OS(c1ccccc1)(c1ccccc1)c1ccc(O)cc1)C(F)(F)F. The van der Waals surface area contributed by atoms with Gasteiger partial charge in [-0.1, -0.05) is 36.4 Å². The first-order chi connectivity index (χ1) is 12.8. The summed E-state index contributed by atoms with van der Waals surface area (Å²) >= 11 is 0. The molecular formula is C20H15F3O3S. The molecule has 0 atom stereocenters. The average Bonchev–Trinajstić information content (AvgIpc) is 2.67. The number of halogens is 3. The summed E-state index contributed by atoms with van der Waals surface area (Å²) in [6.07, 6.45) is -5.14. The Kier molecular flexibility index (Phi) is 5.14. The average molecular weight is 392 g/mol. The molecule has 0 bridgehead atoms. The van der Waals surface area contributed by atoms with Crippen LogP contribution < -0.4 is 0 Å². The summed E-state index contributed by atoms with van der Waals surface area (Å²) in [7, 11) is -3.01. The lowest BCUT2D eigenvalue weighted by molar-refractivity contribution is -0.188. The van der Waals surface area contributed by atoms with Gasteiger partial charge < -0.3 is 9.29 Å². The van der Waals surface area contributed by atoms with Crippen molar-refractivity contribution in [1.29, 1.82) is 0 Å². The van der Waals surface area contributed by atoms with Crippen molar-refractivity contribution in [2.24, 2.45) is 0 Å². The van der Waals surface area contributed by atoms with Gasteiger partial charge in [-0.3, -0.25) is 0 Å². The zero-order chi connectivity index (χ0) is 19.5. The molecule has 1 N–H and O–H groups in total. The molecule has 3 rings (SSSR count). The number of phenolic OH excluding ortho intramolecular Hbond substituents is 1. The van der Waals surface area contributed by atoms with E-state index in [2.05, 4.69) is 0 Å². The Morgan fingerprint density at radius 1 is 0.741 bits per heavy atom. The van der Waals surface area contributed by atoms with Crippen LogP contribution in [0, 0.1) is 0 Å². The molecule has 27 heavy (non-hydrogen) atoms. The van der Waals surface area contributed by atoms with Gasteiger partial charge in [0.2, 0.25) is 0 Å². The zero-order valence-electron chi connectivity index (χ0n) is 13.9. The molecule has 0 amide bonds. The molecule has 0 saturated carbocycles. The minimum atomic E-state index is -5.14. The quantitative estimate of drug-likeness (QED) is 0.620. The van der Waals surface area contributed by atoms with Gasteiger partial charge in [0.1, 0.15) is 5.75 Å². The maximum atomic E-state index is 13.1. The molecule has 3 aromatic carbocycles. The van der Waals surface area contributed by atoms with E-state index >= 15 is 0 Å². The third-order valence-corrected chi connectivity index (χ3v) is 6.96. The van der Waals surface area contributed by atoms with Gasteiger partial charge in [-0.25, -0.2) is 4.79 Å². The van der Waals surface area contributed by atoms with Gasteiger partial charge in [-0.05, 0) is 58.8 Å². The normalized spacial score (nSPS) is 12.4. The van der Waals surface area contributed by atoms with Gasteiger partial charge in [0.25, 0.3) is 0 Å². The fraction of sp³-hybridized carbons (Fsp3) is 0.0500. The topological polar surface area (TPSA) is 46.5 Å². The van der Waals surface area contributed by atoms with Crippen molar-refractivity contribution in [2.45, 2.75) is 20.9 Å². The monoisotopic (exact) mass is 392 g/mol. The van der Waals surface area contributed by atoms with Crippen LogP contribution in [0.25, 0.3) is 0 Å². The molecule has 140 valence electrons. The maximum absolute atomic E-state index is 13.1. The van der Waals surface area contributed by atoms with Crippen molar-refractivity contribution in [2.75, 3.05) is 0 Å². The van der Waals surface area contributed by atoms with Crippen LogP contribution in [-0.4, -0.2) is 17.3 Å². The van der Waals surface area contributed by atoms with Gasteiger partial charge in [0, 0.05) is 14.7 Å². The molecule has 0 saturated heterocycles. The number of aromatic hydroxyl groups is 1. The molecule has 0 aliphatic carbocycles. The first kappa shape index (κ1) is 18.8. The molecule has 0 aliphatic heterocycles. The van der Waals surface area contributed by atoms with Crippen molar-refractivity contribution < 1.29 is 27.3 Å². The molecule has 0 unspecified atom stereocenters. The fourth-order valence-electron chi connectivity index (χ4n) is 2.58. The second-order valence-electron chi connectivity index (χ2n) is 5.54. The molecule has 0 heterocycles. The van der Waals surface area contributed by atoms with Gasteiger partial charge in [0.05, 0.1) is 0 Å². The van der Waals surface area contributed by atoms with E-state index in [0.717, 1.165) is 0 Å². The third kappa shape index (κ3) is 3.78. The molecular weight excluding hydrogens is 377 g/mol. The van der Waals surface area contributed by atoms with E-state index in [0.29, 0.717) is 14.7 Å². The number of phenols is 1. The number of rotatable bonds is 4. The third-order valence-electron chi connectivity index (χ3n) is 3.75. The van der Waals surface area contributed by atoms with Crippen LogP contribution in [0.1, 0.15) is 0 Å². The highest BCUT2D eigenvalue weighted by Crippen LogP contribution is 2.69. The molecule has 0 fully saturated rings. The van der Waals surface area contributed by atoms with Crippen LogP contribution >= 0.6 is 10.3 Å². The van der Waals surface area contributed by atoms with Crippen molar-refractivity contribution >= 4 is 16.3 Å². The first-order valence-electron chi connectivity index (χ1n) is 7.87. The standard InChI is InChI=1S/C20H15F3O3S/c21-20(22,23)19(25)26-27(16-7-3-1-4-8-16,17-9-5-2-6-10-17)18-13-11-15(24)12-14-18/h1-14,24H. The summed E-state index contributed by atoms with van der Waals surface area (Å²) < 4.78 is 44.5. The number of carbonyl (C=O) groups excluding carboxylic acids is 1. The maximum Gasteiger partial charge on any atom is 0.491 e. The Labute approximate surface area is 155 Å². The van der Waals surface area contributed by atoms with Crippen molar-refractivity contribution in [3.63, 3.8) is 0 Å². The van der Waals surface area contributed by atoms with Gasteiger partial charge >= 0.3 is 12.1 Å². The van der Waals surface area contributed by atoms with E-state index < -0.39 is 22.5 Å². The highest BCUT2D eigenvalue weighted by Gasteiger charge is 2.47. The van der Waals surface area contributed by atoms with E-state index in [-0.39, 0.29) is 5.75 Å². The Morgan fingerprint density at radius 2 is 1.15 bits per heavy atom. The van der Waals surface area contributed by atoms with Gasteiger partial charge in [0.15, 0.2) is 0 Å². The minimum Gasteiger partial charge on any atom is -0.508 e. The van der Waals surface area contributed by atoms with Crippen molar-refractivity contribution in [1.82, 2.24) is 0 Å². The van der Waals surface area contributed by atoms with Crippen LogP contribution in [0.3, 0.4) is 0 Å². The second-order valence-corrected chi connectivity index (χ2v) is 8.24. The number of alkyl halides is 3. The van der Waals surface area contributed by atoms with E-state index in [9.17, 15) is 23.1 Å². The molecule has 0 radical (unpaired) electrons. The Balaban J connectivity index is 2.31. The minimum absolute atomic E-state index is 0.0460. The molecule has 3 nitrogen and oxygen atoms in total. The lowest BCUT2D eigenvalue weighted by atomic mass is 10.3. The highest BCUT2D eigenvalue weighted by molar-refractivity contribution is 8.30. The van der Waals surface area contributed by atoms with Crippen LogP contribution in [0.2, 0.25) is 0 Å². The van der Waals surface area contributed by atoms with E-state index in [1.165, 1.54) is 24.3 Å². The number of carbonyl (C=O) groups is 1. The molecule has 7 heteroatoms. The zero-order valence-corrected chi connectivity index (χ0v) is 14.7. The Morgan fingerprint density at radius 3 is 1.56 bits per heavy atom. The summed E-state index contributed by atoms with van der Waals surface area (Å²) in [5.41, 5.74) is 0. The molecule has 3 aromatic rings. The van der Waals surface area contributed by atoms with Crippen LogP contribution in [-0.2, 0) is 8.98 Å². The number of benzene rings is 3. The predicted molar refractivity (Wildman–Crippen MR) is 95.5 cm³/mol. The molecule has 0 aromatic heterocycles. The van der Waals surface area contributed by atoms with Gasteiger partial charge in [-0.15, -0.1) is 0 Å². The predicted octanol–water partition coefficient (Wildman–Crippen LogP) is 5.69. The fourth-order valence-corrected chi connectivity index (χ4v) is 5.60. The van der Waals surface area contributed by atoms with Crippen LogP contribution in [0.15, 0.2) is 99.6 Å². The number of hydrogen-bond acceptors (Lipinski definition) is 3. The van der Waals surface area contributed by atoms with Crippen molar-refractivity contribution in [3.8, 4) is 5.75 Å². The summed E-state index contributed by atoms with van der Waals surface area (Å²) in [6, 6.07) is 22.3. The lowest BCUT2D eigenvalue weighted by Gasteiger charge is -2.39. The Bertz CT molecular complexity index is 871. The first-order valence-corrected chi connectivity index (χ1v) is 9.43. The summed E-state index contributed by atoms with van der Waals surface area (Å²) in [4.78, 5) is 13.1. The van der Waals surface area contributed by atoms with Crippen LogP contribution in [0.5, 0.6) is 5.75 Å². The smallest absolute Gasteiger partial charge is 0.491 e. The van der Waals surface area contributed by atoms with E-state index in [4.69, 9.17) is 4.18 Å². The largest absolute Gasteiger partial charge is 0.508 e. The summed E-state index contributed by atoms with van der Waals surface area (Å²) in [6.45, 7) is 0. The van der Waals surface area contributed by atoms with Crippen LogP contribution in [0.4, 0.5) is 13.2 Å². The number of hydrogen-bond donors (Lipinski definition) is 1.